The van der Waals surface area contributed by atoms with Crippen molar-refractivity contribution in [3.63, 3.8) is 0 Å². The summed E-state index contributed by atoms with van der Waals surface area (Å²) in [5.41, 5.74) is 0. The van der Waals surface area contributed by atoms with Crippen LogP contribution in [-0.2, 0) is 0 Å². The normalized spacial score (nSPS) is 16.3. The van der Waals surface area contributed by atoms with Gasteiger partial charge >= 0.3 is 0 Å². The van der Waals surface area contributed by atoms with E-state index in [0.29, 0.717) is 5.16 Å². The fraction of sp³-hybridized carbons (Fsp3) is 1.00. The Morgan fingerprint density at radius 1 is 1.00 bits per heavy atom. The molecule has 0 radical (unpaired) electrons. The van der Waals surface area contributed by atoms with E-state index >= 15 is 0 Å². The summed E-state index contributed by atoms with van der Waals surface area (Å²) in [4.78, 5) is 0. The molecule has 0 aliphatic carbocycles. The molecule has 0 N–H and O–H groups in total. The standard InChI is InChI=1S/C4H9Br3P2/c1-4(2,3)8(5)9(6)7/h1-3H3. The molecule has 1 unspecified atom stereocenters. The molecule has 0 aromatic rings. The zero-order valence-electron chi connectivity index (χ0n) is 5.53. The van der Waals surface area contributed by atoms with Crippen molar-refractivity contribution in [3.05, 3.63) is 0 Å². The molecule has 9 heavy (non-hydrogen) atoms. The molecule has 0 spiro atoms. The third-order valence-electron chi connectivity index (χ3n) is 0.686. The molecule has 0 fully saturated rings. The first-order chi connectivity index (χ1) is 3.85. The van der Waals surface area contributed by atoms with Gasteiger partial charge in [-0.1, -0.05) is 36.3 Å². The van der Waals surface area contributed by atoms with Crippen LogP contribution in [0.1, 0.15) is 20.8 Å². The van der Waals surface area contributed by atoms with Crippen molar-refractivity contribution in [1.29, 1.82) is 0 Å². The lowest BCUT2D eigenvalue weighted by Gasteiger charge is -2.26. The molecule has 0 rings (SSSR count). The zero-order valence-corrected chi connectivity index (χ0v) is 12.1. The van der Waals surface area contributed by atoms with Gasteiger partial charge in [-0.05, 0) is 36.1 Å². The number of hydrogen-bond donors (Lipinski definition) is 0. The smallest absolute Gasteiger partial charge is 0.0550 e. The van der Waals surface area contributed by atoms with Crippen LogP contribution in [0, 0.1) is 0 Å². The van der Waals surface area contributed by atoms with Crippen LogP contribution < -0.4 is 0 Å². The van der Waals surface area contributed by atoms with Crippen molar-refractivity contribution in [2.24, 2.45) is 0 Å². The number of halogens is 3. The lowest BCUT2D eigenvalue weighted by Crippen LogP contribution is -2.05. The largest absolute Gasteiger partial charge is 0.0703 e. The summed E-state index contributed by atoms with van der Waals surface area (Å²) in [5.74, 6) is 0. The molecule has 0 aliphatic rings. The van der Waals surface area contributed by atoms with E-state index in [-0.39, 0.29) is 11.3 Å². The van der Waals surface area contributed by atoms with Gasteiger partial charge < -0.3 is 0 Å². The van der Waals surface area contributed by atoms with Crippen LogP contribution in [0.2, 0.25) is 0 Å². The van der Waals surface area contributed by atoms with Crippen molar-refractivity contribution in [2.75, 3.05) is 0 Å². The summed E-state index contributed by atoms with van der Waals surface area (Å²) in [7, 11) is 0. The first kappa shape index (κ1) is 11.3. The second kappa shape index (κ2) is 4.36. The fourth-order valence-electron chi connectivity index (χ4n) is 0.227. The Morgan fingerprint density at radius 2 is 1.33 bits per heavy atom. The molecular weight excluding hydrogens is 350 g/mol. The average molecular weight is 359 g/mol. The van der Waals surface area contributed by atoms with E-state index in [9.17, 15) is 0 Å². The molecule has 0 heterocycles. The fourth-order valence-corrected chi connectivity index (χ4v) is 10.6. The molecular formula is C4H9Br3P2. The van der Waals surface area contributed by atoms with E-state index in [1.165, 1.54) is 0 Å². The van der Waals surface area contributed by atoms with Gasteiger partial charge in [0.15, 0.2) is 0 Å². The van der Waals surface area contributed by atoms with Crippen LogP contribution in [0.25, 0.3) is 0 Å². The predicted octanol–water partition coefficient (Wildman–Crippen LogP) is 5.59. The van der Waals surface area contributed by atoms with Crippen LogP contribution in [0.4, 0.5) is 0 Å². The van der Waals surface area contributed by atoms with E-state index in [1.54, 1.807) is 0 Å². The summed E-state index contributed by atoms with van der Waals surface area (Å²) in [6.07, 6.45) is -0.0700. The second-order valence-electron chi connectivity index (χ2n) is 2.65. The Morgan fingerprint density at radius 3 is 1.33 bits per heavy atom. The highest BCUT2D eigenvalue weighted by Gasteiger charge is 2.26. The number of hydrogen-bond acceptors (Lipinski definition) is 0. The zero-order chi connectivity index (χ0) is 7.65. The third-order valence-corrected chi connectivity index (χ3v) is 24.1. The quantitative estimate of drug-likeness (QED) is 0.536. The molecule has 0 aliphatic heterocycles. The van der Waals surface area contributed by atoms with Crippen molar-refractivity contribution in [2.45, 2.75) is 25.9 Å². The van der Waals surface area contributed by atoms with Crippen LogP contribution in [0.3, 0.4) is 0 Å². The first-order valence-electron chi connectivity index (χ1n) is 2.43. The highest BCUT2D eigenvalue weighted by atomic mass is 79.9. The average Bonchev–Trinajstić information content (AvgIpc) is 1.62. The molecule has 0 bridgehead atoms. The molecule has 0 aromatic carbocycles. The lowest BCUT2D eigenvalue weighted by atomic mass is 10.3. The van der Waals surface area contributed by atoms with E-state index in [2.05, 4.69) is 67.2 Å². The molecule has 0 saturated heterocycles. The highest BCUT2D eigenvalue weighted by molar-refractivity contribution is 9.81. The molecule has 5 heteroatoms. The van der Waals surface area contributed by atoms with Gasteiger partial charge in [-0.15, -0.1) is 0 Å². The Balaban J connectivity index is 3.88. The minimum Gasteiger partial charge on any atom is -0.0550 e. The predicted molar refractivity (Wildman–Crippen MR) is 60.4 cm³/mol. The molecule has 56 valence electrons. The van der Waals surface area contributed by atoms with Crippen LogP contribution in [0.15, 0.2) is 0 Å². The summed E-state index contributed by atoms with van der Waals surface area (Å²) in [6.45, 7) is 6.72. The maximum Gasteiger partial charge on any atom is 0.0703 e. The Bertz CT molecular complexity index is 88.3. The number of rotatable bonds is 1. The molecule has 0 aromatic heterocycles. The van der Waals surface area contributed by atoms with Crippen LogP contribution >= 0.6 is 57.8 Å². The van der Waals surface area contributed by atoms with Crippen LogP contribution in [-0.4, -0.2) is 5.16 Å². The van der Waals surface area contributed by atoms with E-state index < -0.39 is 0 Å². The molecule has 0 amide bonds. The SMILES string of the molecule is CC(C)(C)P(Br)P(Br)Br. The van der Waals surface area contributed by atoms with Crippen molar-refractivity contribution < 1.29 is 0 Å². The third kappa shape index (κ3) is 4.69. The maximum absolute atomic E-state index is 3.66. The van der Waals surface area contributed by atoms with Crippen molar-refractivity contribution in [3.8, 4) is 0 Å². The van der Waals surface area contributed by atoms with Crippen molar-refractivity contribution >= 4 is 57.8 Å². The minimum atomic E-state index is -0.143. The topological polar surface area (TPSA) is 0 Å². The molecule has 0 nitrogen and oxygen atoms in total. The monoisotopic (exact) mass is 356 g/mol. The lowest BCUT2D eigenvalue weighted by molar-refractivity contribution is 0.800. The first-order valence-corrected chi connectivity index (χ1v) is 11.9. The Hall–Kier alpha value is 2.30. The van der Waals surface area contributed by atoms with E-state index in [4.69, 9.17) is 0 Å². The van der Waals surface area contributed by atoms with E-state index in [1.807, 2.05) is 0 Å². The highest BCUT2D eigenvalue weighted by Crippen LogP contribution is 2.86. The maximum atomic E-state index is 3.66. The van der Waals surface area contributed by atoms with Gasteiger partial charge in [0.05, 0.1) is 5.02 Å². The summed E-state index contributed by atoms with van der Waals surface area (Å²) in [5, 5.41) is 0.254. The second-order valence-corrected chi connectivity index (χ2v) is 21.5. The van der Waals surface area contributed by atoms with Gasteiger partial charge in [0.25, 0.3) is 0 Å². The summed E-state index contributed by atoms with van der Waals surface area (Å²) < 4.78 is 0. The van der Waals surface area contributed by atoms with E-state index in [0.717, 1.165) is 0 Å². The van der Waals surface area contributed by atoms with Gasteiger partial charge in [-0.25, -0.2) is 0 Å². The summed E-state index contributed by atoms with van der Waals surface area (Å²) >= 11 is 10.7. The molecule has 1 atom stereocenters. The van der Waals surface area contributed by atoms with Crippen LogP contribution in [0.5, 0.6) is 0 Å². The Kier molecular flexibility index (Phi) is 5.47. The minimum absolute atomic E-state index is 0.0700. The Labute approximate surface area is 83.2 Å². The molecule has 0 saturated carbocycles. The van der Waals surface area contributed by atoms with Crippen molar-refractivity contribution in [1.82, 2.24) is 0 Å². The van der Waals surface area contributed by atoms with Gasteiger partial charge in [-0.2, -0.15) is 0 Å². The summed E-state index contributed by atoms with van der Waals surface area (Å²) in [6, 6.07) is 0. The van der Waals surface area contributed by atoms with Gasteiger partial charge in [0.2, 0.25) is 0 Å². The van der Waals surface area contributed by atoms with Gasteiger partial charge in [0, 0.05) is 6.31 Å². The van der Waals surface area contributed by atoms with Gasteiger partial charge in [0.1, 0.15) is 0 Å². The van der Waals surface area contributed by atoms with Gasteiger partial charge in [-0.3, -0.25) is 0 Å².